The zero-order chi connectivity index (χ0) is 22.5. The standard InChI is InChI=1S/C27H30N4O/c1-5-17-30(19-22-11-15-24(16-12-22)32-28-4)21(3)25-7-6-8-27-26(25)18-29-31(27)23-13-9-20(2)10-14-23/h6-16,18,28H,3,5,17,19H2,1-2,4H3. The fourth-order valence-corrected chi connectivity index (χ4v) is 3.95. The molecule has 0 aliphatic heterocycles. The predicted molar refractivity (Wildman–Crippen MR) is 132 cm³/mol. The van der Waals surface area contributed by atoms with Crippen molar-refractivity contribution in [2.45, 2.75) is 26.8 Å². The summed E-state index contributed by atoms with van der Waals surface area (Å²) in [7, 11) is 1.75. The van der Waals surface area contributed by atoms with Gasteiger partial charge in [0.2, 0.25) is 0 Å². The predicted octanol–water partition coefficient (Wildman–Crippen LogP) is 5.73. The Morgan fingerprint density at radius 2 is 1.81 bits per heavy atom. The minimum absolute atomic E-state index is 0.787. The second-order valence-electron chi connectivity index (χ2n) is 7.95. The Morgan fingerprint density at radius 1 is 1.06 bits per heavy atom. The van der Waals surface area contributed by atoms with Crippen molar-refractivity contribution in [1.29, 1.82) is 0 Å². The first-order valence-corrected chi connectivity index (χ1v) is 11.0. The van der Waals surface area contributed by atoms with Crippen LogP contribution in [0.25, 0.3) is 22.3 Å². The Hall–Kier alpha value is -3.57. The van der Waals surface area contributed by atoms with Crippen LogP contribution in [0.1, 0.15) is 30.0 Å². The molecule has 0 spiro atoms. The molecule has 0 amide bonds. The van der Waals surface area contributed by atoms with Crippen molar-refractivity contribution < 1.29 is 4.84 Å². The molecule has 1 aromatic heterocycles. The van der Waals surface area contributed by atoms with Gasteiger partial charge in [-0.2, -0.15) is 10.6 Å². The van der Waals surface area contributed by atoms with Gasteiger partial charge in [-0.15, -0.1) is 0 Å². The smallest absolute Gasteiger partial charge is 0.147 e. The van der Waals surface area contributed by atoms with Gasteiger partial charge in [0.1, 0.15) is 5.75 Å². The van der Waals surface area contributed by atoms with Crippen LogP contribution in [0, 0.1) is 6.92 Å². The SMILES string of the molecule is C=C(c1cccc2c1cnn2-c1ccc(C)cc1)N(CCC)Cc1ccc(ONC)cc1. The van der Waals surface area contributed by atoms with Crippen molar-refractivity contribution in [3.8, 4) is 11.4 Å². The van der Waals surface area contributed by atoms with Crippen molar-refractivity contribution in [2.75, 3.05) is 13.6 Å². The molecule has 3 aromatic carbocycles. The number of hydroxylamine groups is 1. The van der Waals surface area contributed by atoms with Crippen LogP contribution in [0.5, 0.6) is 5.75 Å². The molecule has 0 aliphatic rings. The van der Waals surface area contributed by atoms with Crippen molar-refractivity contribution in [3.05, 3.63) is 96.2 Å². The molecule has 0 fully saturated rings. The van der Waals surface area contributed by atoms with E-state index in [1.807, 2.05) is 23.0 Å². The first kappa shape index (κ1) is 21.7. The Kier molecular flexibility index (Phi) is 6.57. The van der Waals surface area contributed by atoms with Crippen LogP contribution in [-0.4, -0.2) is 28.3 Å². The van der Waals surface area contributed by atoms with Crippen LogP contribution in [0.15, 0.2) is 79.5 Å². The van der Waals surface area contributed by atoms with E-state index < -0.39 is 0 Å². The number of hydrogen-bond acceptors (Lipinski definition) is 4. The first-order chi connectivity index (χ1) is 15.6. The highest BCUT2D eigenvalue weighted by Crippen LogP contribution is 2.29. The molecular weight excluding hydrogens is 396 g/mol. The third-order valence-corrected chi connectivity index (χ3v) is 5.59. The van der Waals surface area contributed by atoms with Gasteiger partial charge in [-0.3, -0.25) is 0 Å². The lowest BCUT2D eigenvalue weighted by atomic mass is 10.1. The first-order valence-electron chi connectivity index (χ1n) is 11.0. The van der Waals surface area contributed by atoms with Gasteiger partial charge in [0.05, 0.1) is 17.4 Å². The van der Waals surface area contributed by atoms with Gasteiger partial charge in [0.25, 0.3) is 0 Å². The molecule has 5 nitrogen and oxygen atoms in total. The van der Waals surface area contributed by atoms with Crippen LogP contribution >= 0.6 is 0 Å². The summed E-state index contributed by atoms with van der Waals surface area (Å²) in [6.07, 6.45) is 2.99. The van der Waals surface area contributed by atoms with E-state index in [1.165, 1.54) is 11.1 Å². The summed E-state index contributed by atoms with van der Waals surface area (Å²) in [5.41, 5.74) is 9.42. The molecule has 0 bridgehead atoms. The van der Waals surface area contributed by atoms with Gasteiger partial charge in [0.15, 0.2) is 0 Å². The summed E-state index contributed by atoms with van der Waals surface area (Å²) in [6, 6.07) is 22.9. The number of nitrogens with zero attached hydrogens (tertiary/aromatic N) is 3. The molecule has 32 heavy (non-hydrogen) atoms. The molecule has 0 saturated carbocycles. The van der Waals surface area contributed by atoms with Gasteiger partial charge in [-0.1, -0.05) is 55.5 Å². The van der Waals surface area contributed by atoms with Gasteiger partial charge >= 0.3 is 0 Å². The second kappa shape index (κ2) is 9.71. The largest absolute Gasteiger partial charge is 0.409 e. The highest BCUT2D eigenvalue weighted by molar-refractivity contribution is 5.91. The average Bonchev–Trinajstić information content (AvgIpc) is 3.24. The monoisotopic (exact) mass is 426 g/mol. The maximum atomic E-state index is 5.33. The van der Waals surface area contributed by atoms with Crippen LogP contribution in [0.4, 0.5) is 0 Å². The topological polar surface area (TPSA) is 42.3 Å². The van der Waals surface area contributed by atoms with E-state index in [0.29, 0.717) is 0 Å². The van der Waals surface area contributed by atoms with E-state index in [9.17, 15) is 0 Å². The van der Waals surface area contributed by atoms with Gasteiger partial charge in [-0.25, -0.2) is 4.68 Å². The molecule has 5 heteroatoms. The Balaban J connectivity index is 1.63. The zero-order valence-corrected chi connectivity index (χ0v) is 19.0. The summed E-state index contributed by atoms with van der Waals surface area (Å²) in [5, 5.41) is 5.80. The molecule has 4 rings (SSSR count). The third-order valence-electron chi connectivity index (χ3n) is 5.59. The highest BCUT2D eigenvalue weighted by Gasteiger charge is 2.15. The molecule has 0 radical (unpaired) electrons. The summed E-state index contributed by atoms with van der Waals surface area (Å²) in [4.78, 5) is 7.67. The van der Waals surface area contributed by atoms with Gasteiger partial charge in [0, 0.05) is 36.8 Å². The summed E-state index contributed by atoms with van der Waals surface area (Å²) in [6.45, 7) is 10.5. The molecule has 164 valence electrons. The Bertz CT molecular complexity index is 1190. The molecule has 0 atom stereocenters. The molecule has 1 N–H and O–H groups in total. The van der Waals surface area contributed by atoms with E-state index in [-0.39, 0.29) is 0 Å². The van der Waals surface area contributed by atoms with E-state index in [0.717, 1.165) is 53.1 Å². The second-order valence-corrected chi connectivity index (χ2v) is 7.95. The fraction of sp³-hybridized carbons (Fsp3) is 0.222. The lowest BCUT2D eigenvalue weighted by molar-refractivity contribution is 0.223. The minimum Gasteiger partial charge on any atom is -0.409 e. The van der Waals surface area contributed by atoms with Crippen LogP contribution in [0.2, 0.25) is 0 Å². The van der Waals surface area contributed by atoms with Gasteiger partial charge < -0.3 is 9.74 Å². The molecule has 0 unspecified atom stereocenters. The average molecular weight is 427 g/mol. The lowest BCUT2D eigenvalue weighted by Gasteiger charge is -2.27. The van der Waals surface area contributed by atoms with Crippen LogP contribution in [0.3, 0.4) is 0 Å². The molecule has 4 aromatic rings. The van der Waals surface area contributed by atoms with Crippen molar-refractivity contribution >= 4 is 16.6 Å². The third kappa shape index (κ3) is 4.53. The van der Waals surface area contributed by atoms with Crippen molar-refractivity contribution in [2.24, 2.45) is 0 Å². The van der Waals surface area contributed by atoms with E-state index in [2.05, 4.69) is 85.4 Å². The number of hydrogen-bond donors (Lipinski definition) is 1. The maximum Gasteiger partial charge on any atom is 0.147 e. The maximum absolute atomic E-state index is 5.33. The lowest BCUT2D eigenvalue weighted by Crippen LogP contribution is -2.22. The molecular formula is C27H30N4O. The molecule has 0 aliphatic carbocycles. The number of fused-ring (bicyclic) bond motifs is 1. The van der Waals surface area contributed by atoms with E-state index in [4.69, 9.17) is 9.94 Å². The highest BCUT2D eigenvalue weighted by atomic mass is 16.6. The Morgan fingerprint density at radius 3 is 2.50 bits per heavy atom. The van der Waals surface area contributed by atoms with Crippen molar-refractivity contribution in [3.63, 3.8) is 0 Å². The van der Waals surface area contributed by atoms with E-state index >= 15 is 0 Å². The van der Waals surface area contributed by atoms with Crippen LogP contribution < -0.4 is 10.3 Å². The summed E-state index contributed by atoms with van der Waals surface area (Å²) < 4.78 is 2.00. The molecule has 1 heterocycles. The van der Waals surface area contributed by atoms with Gasteiger partial charge in [-0.05, 0) is 49.2 Å². The number of aromatic nitrogens is 2. The number of benzene rings is 3. The summed E-state index contributed by atoms with van der Waals surface area (Å²) >= 11 is 0. The van der Waals surface area contributed by atoms with E-state index in [1.54, 1.807) is 7.05 Å². The van der Waals surface area contributed by atoms with Crippen molar-refractivity contribution in [1.82, 2.24) is 20.2 Å². The number of nitrogens with one attached hydrogen (secondary N) is 1. The summed E-state index contributed by atoms with van der Waals surface area (Å²) in [5.74, 6) is 0.797. The van der Waals surface area contributed by atoms with Crippen LogP contribution in [-0.2, 0) is 6.54 Å². The fourth-order valence-electron chi connectivity index (χ4n) is 3.95. The zero-order valence-electron chi connectivity index (χ0n) is 19.0. The number of aryl methyl sites for hydroxylation is 1. The Labute approximate surface area is 189 Å². The minimum atomic E-state index is 0.787. The molecule has 0 saturated heterocycles. The number of rotatable bonds is 9. The normalized spacial score (nSPS) is 11.0. The quantitative estimate of drug-likeness (QED) is 0.347.